The smallest absolute Gasteiger partial charge is 0.276 e. The van der Waals surface area contributed by atoms with Crippen LogP contribution in [-0.2, 0) is 9.59 Å². The fraction of sp³-hybridized carbons (Fsp3) is 0.111. The molecule has 126 valence electrons. The maximum atomic E-state index is 12.7. The lowest BCUT2D eigenvalue weighted by Gasteiger charge is -2.28. The Morgan fingerprint density at radius 1 is 1.12 bits per heavy atom. The second kappa shape index (κ2) is 7.14. The molecule has 0 aromatic heterocycles. The Hall–Kier alpha value is -2.55. The van der Waals surface area contributed by atoms with Crippen molar-refractivity contribution in [3.63, 3.8) is 0 Å². The van der Waals surface area contributed by atoms with E-state index in [9.17, 15) is 14.4 Å². The first-order valence-electron chi connectivity index (χ1n) is 7.51. The highest BCUT2D eigenvalue weighted by atomic mass is 127. The highest BCUT2D eigenvalue weighted by Crippen LogP contribution is 2.22. The third-order valence-corrected chi connectivity index (χ3v) is 4.31. The Morgan fingerprint density at radius 3 is 2.60 bits per heavy atom. The van der Waals surface area contributed by atoms with Gasteiger partial charge < -0.3 is 0 Å². The van der Waals surface area contributed by atoms with E-state index in [4.69, 9.17) is 0 Å². The first-order valence-corrected chi connectivity index (χ1v) is 8.59. The van der Waals surface area contributed by atoms with Crippen LogP contribution in [0.4, 0.5) is 16.2 Å². The summed E-state index contributed by atoms with van der Waals surface area (Å²) in [5, 5.41) is 2.21. The van der Waals surface area contributed by atoms with Crippen LogP contribution in [-0.4, -0.2) is 24.1 Å². The number of carbonyl (C=O) groups is 3. The van der Waals surface area contributed by atoms with Crippen molar-refractivity contribution in [2.45, 2.75) is 6.92 Å². The monoisotopic (exact) mass is 447 g/mol. The molecule has 1 aliphatic rings. The van der Waals surface area contributed by atoms with Crippen LogP contribution in [0.15, 0.2) is 53.5 Å². The SMILES string of the molecule is Cc1cccc(N2C(=O)NC(=O)[C@H](C=Nc3cccc(I)c3)C2=O)c1. The van der Waals surface area contributed by atoms with Crippen molar-refractivity contribution >= 4 is 58.0 Å². The van der Waals surface area contributed by atoms with Gasteiger partial charge in [-0.25, -0.2) is 9.69 Å². The molecule has 1 fully saturated rings. The number of nitrogens with one attached hydrogen (secondary N) is 1. The van der Waals surface area contributed by atoms with Gasteiger partial charge in [0.15, 0.2) is 5.92 Å². The van der Waals surface area contributed by atoms with Crippen molar-refractivity contribution in [1.29, 1.82) is 0 Å². The zero-order valence-corrected chi connectivity index (χ0v) is 15.4. The van der Waals surface area contributed by atoms with E-state index < -0.39 is 23.8 Å². The number of halogens is 1. The summed E-state index contributed by atoms with van der Waals surface area (Å²) in [5.41, 5.74) is 1.95. The molecule has 0 unspecified atom stereocenters. The van der Waals surface area contributed by atoms with Gasteiger partial charge in [-0.2, -0.15) is 0 Å². The molecule has 1 aliphatic heterocycles. The van der Waals surface area contributed by atoms with Crippen LogP contribution in [0.3, 0.4) is 0 Å². The predicted octanol–water partition coefficient (Wildman–Crippen LogP) is 3.20. The molecule has 0 radical (unpaired) electrons. The number of hydrogen-bond donors (Lipinski definition) is 1. The van der Waals surface area contributed by atoms with Gasteiger partial charge >= 0.3 is 6.03 Å². The number of carbonyl (C=O) groups excluding carboxylic acids is 3. The third-order valence-electron chi connectivity index (χ3n) is 3.64. The molecule has 2 aromatic carbocycles. The average Bonchev–Trinajstić information content (AvgIpc) is 2.54. The van der Waals surface area contributed by atoms with Gasteiger partial charge in [-0.15, -0.1) is 0 Å². The normalized spacial score (nSPS) is 17.9. The lowest BCUT2D eigenvalue weighted by molar-refractivity contribution is -0.131. The average molecular weight is 447 g/mol. The number of imide groups is 2. The molecule has 3 rings (SSSR count). The molecule has 0 spiro atoms. The number of amides is 4. The number of aliphatic imine (C=N–C) groups is 1. The van der Waals surface area contributed by atoms with Gasteiger partial charge in [-0.3, -0.25) is 19.9 Å². The first-order chi connectivity index (χ1) is 12.0. The van der Waals surface area contributed by atoms with Gasteiger partial charge in [0.05, 0.1) is 11.4 Å². The van der Waals surface area contributed by atoms with Gasteiger partial charge in [-0.1, -0.05) is 18.2 Å². The minimum atomic E-state index is -1.16. The second-order valence-electron chi connectivity index (χ2n) is 5.54. The first kappa shape index (κ1) is 17.3. The quantitative estimate of drug-likeness (QED) is 0.446. The minimum Gasteiger partial charge on any atom is -0.276 e. The van der Waals surface area contributed by atoms with Crippen molar-refractivity contribution in [1.82, 2.24) is 5.32 Å². The number of barbiturate groups is 1. The third kappa shape index (κ3) is 3.76. The van der Waals surface area contributed by atoms with Crippen LogP contribution in [0.5, 0.6) is 0 Å². The molecular weight excluding hydrogens is 433 g/mol. The maximum absolute atomic E-state index is 12.7. The lowest BCUT2D eigenvalue weighted by Crippen LogP contribution is -2.58. The molecule has 0 bridgehead atoms. The summed E-state index contributed by atoms with van der Waals surface area (Å²) in [5.74, 6) is -2.45. The number of anilines is 1. The Labute approximate surface area is 158 Å². The number of urea groups is 1. The summed E-state index contributed by atoms with van der Waals surface area (Å²) < 4.78 is 0.989. The molecule has 4 amide bonds. The molecule has 2 aromatic rings. The molecule has 0 aliphatic carbocycles. The molecule has 25 heavy (non-hydrogen) atoms. The maximum Gasteiger partial charge on any atom is 0.335 e. The number of benzene rings is 2. The van der Waals surface area contributed by atoms with Gasteiger partial charge in [0.25, 0.3) is 5.91 Å². The molecule has 1 N–H and O–H groups in total. The molecule has 1 saturated heterocycles. The van der Waals surface area contributed by atoms with E-state index in [1.54, 1.807) is 24.3 Å². The van der Waals surface area contributed by atoms with Crippen LogP contribution in [0.25, 0.3) is 0 Å². The summed E-state index contributed by atoms with van der Waals surface area (Å²) in [6, 6.07) is 13.6. The molecule has 0 saturated carbocycles. The van der Waals surface area contributed by atoms with E-state index in [0.29, 0.717) is 11.4 Å². The standard InChI is InChI=1S/C18H14IN3O3/c1-11-4-2-7-14(8-11)22-17(24)15(16(23)21-18(22)25)10-20-13-6-3-5-12(19)9-13/h2-10,15H,1H3,(H,21,23,25)/t15-/m0/s1. The van der Waals surface area contributed by atoms with E-state index in [2.05, 4.69) is 32.9 Å². The Kier molecular flexibility index (Phi) is 4.93. The molecular formula is C18H14IN3O3. The van der Waals surface area contributed by atoms with Gasteiger partial charge in [0, 0.05) is 9.78 Å². The fourth-order valence-corrected chi connectivity index (χ4v) is 2.98. The summed E-state index contributed by atoms with van der Waals surface area (Å²) in [4.78, 5) is 42.1. The van der Waals surface area contributed by atoms with E-state index in [1.165, 1.54) is 6.21 Å². The Morgan fingerprint density at radius 2 is 1.88 bits per heavy atom. The summed E-state index contributed by atoms with van der Waals surface area (Å²) in [6.07, 6.45) is 1.28. The molecule has 1 atom stereocenters. The number of aryl methyl sites for hydroxylation is 1. The van der Waals surface area contributed by atoms with Crippen LogP contribution in [0, 0.1) is 16.4 Å². The number of hydrogen-bond acceptors (Lipinski definition) is 4. The van der Waals surface area contributed by atoms with E-state index in [-0.39, 0.29) is 0 Å². The minimum absolute atomic E-state index is 0.419. The van der Waals surface area contributed by atoms with E-state index in [0.717, 1.165) is 14.0 Å². The molecule has 1 heterocycles. The van der Waals surface area contributed by atoms with Crippen LogP contribution < -0.4 is 10.2 Å². The Bertz CT molecular complexity index is 895. The zero-order chi connectivity index (χ0) is 18.0. The van der Waals surface area contributed by atoms with Gasteiger partial charge in [0.1, 0.15) is 0 Å². The lowest BCUT2D eigenvalue weighted by atomic mass is 10.1. The fourth-order valence-electron chi connectivity index (χ4n) is 2.45. The topological polar surface area (TPSA) is 78.8 Å². The van der Waals surface area contributed by atoms with E-state index >= 15 is 0 Å². The molecule has 6 nitrogen and oxygen atoms in total. The largest absolute Gasteiger partial charge is 0.335 e. The highest BCUT2D eigenvalue weighted by molar-refractivity contribution is 14.1. The van der Waals surface area contributed by atoms with Crippen molar-refractivity contribution in [3.05, 3.63) is 57.7 Å². The van der Waals surface area contributed by atoms with Gasteiger partial charge in [-0.05, 0) is 65.4 Å². The molecule has 7 heteroatoms. The van der Waals surface area contributed by atoms with Crippen LogP contribution >= 0.6 is 22.6 Å². The Balaban J connectivity index is 1.90. The van der Waals surface area contributed by atoms with Crippen molar-refractivity contribution in [2.75, 3.05) is 4.90 Å². The van der Waals surface area contributed by atoms with Crippen molar-refractivity contribution in [2.24, 2.45) is 10.9 Å². The van der Waals surface area contributed by atoms with Crippen LogP contribution in [0.2, 0.25) is 0 Å². The zero-order valence-electron chi connectivity index (χ0n) is 13.3. The second-order valence-corrected chi connectivity index (χ2v) is 6.79. The van der Waals surface area contributed by atoms with Crippen molar-refractivity contribution in [3.8, 4) is 0 Å². The predicted molar refractivity (Wildman–Crippen MR) is 103 cm³/mol. The summed E-state index contributed by atoms with van der Waals surface area (Å²) >= 11 is 2.15. The summed E-state index contributed by atoms with van der Waals surface area (Å²) in [7, 11) is 0. The van der Waals surface area contributed by atoms with Crippen LogP contribution in [0.1, 0.15) is 5.56 Å². The number of nitrogens with zero attached hydrogens (tertiary/aromatic N) is 2. The van der Waals surface area contributed by atoms with E-state index in [1.807, 2.05) is 31.2 Å². The van der Waals surface area contributed by atoms with Gasteiger partial charge in [0.2, 0.25) is 5.91 Å². The summed E-state index contributed by atoms with van der Waals surface area (Å²) in [6.45, 7) is 1.86. The van der Waals surface area contributed by atoms with Crippen molar-refractivity contribution < 1.29 is 14.4 Å². The number of rotatable bonds is 3. The highest BCUT2D eigenvalue weighted by Gasteiger charge is 2.40.